The monoisotopic (exact) mass is 492 g/mol. The first-order valence-electron chi connectivity index (χ1n) is 12.1. The number of hydrogen-bond donors (Lipinski definition) is 3. The topological polar surface area (TPSA) is 96.9 Å². The summed E-state index contributed by atoms with van der Waals surface area (Å²) in [5, 5.41) is 6.50. The van der Waals surface area contributed by atoms with Crippen LogP contribution in [0.3, 0.4) is 0 Å². The van der Waals surface area contributed by atoms with Gasteiger partial charge in [-0.15, -0.1) is 0 Å². The number of carbonyl (C=O) groups is 1. The largest absolute Gasteiger partial charge is 0.444 e. The minimum atomic E-state index is -4.21. The number of hydrogen-bond acceptors (Lipinski definition) is 5. The summed E-state index contributed by atoms with van der Waals surface area (Å²) in [7, 11) is 0. The second-order valence-electron chi connectivity index (χ2n) is 10.7. The Morgan fingerprint density at radius 1 is 1.23 bits per heavy atom. The molecule has 0 spiro atoms. The summed E-state index contributed by atoms with van der Waals surface area (Å²) in [6, 6.07) is 2.01. The van der Waals surface area contributed by atoms with E-state index in [0.717, 1.165) is 40.7 Å². The number of amides is 1. The Hall–Kier alpha value is -2.82. The lowest BCUT2D eigenvalue weighted by Crippen LogP contribution is -2.41. The second kappa shape index (κ2) is 8.69. The molecule has 190 valence electrons. The quantitative estimate of drug-likeness (QED) is 0.472. The number of nitrogens with one attached hydrogen (secondary N) is 3. The van der Waals surface area contributed by atoms with E-state index < -0.39 is 24.4 Å². The molecule has 0 saturated heterocycles. The molecule has 3 aromatic heterocycles. The summed E-state index contributed by atoms with van der Waals surface area (Å²) >= 11 is 0. The average Bonchev–Trinajstić information content (AvgIpc) is 3.50. The molecule has 0 aliphatic heterocycles. The van der Waals surface area contributed by atoms with E-state index in [-0.39, 0.29) is 23.9 Å². The van der Waals surface area contributed by atoms with Crippen LogP contribution in [0.4, 0.5) is 18.0 Å². The number of aromatic amines is 1. The fourth-order valence-corrected chi connectivity index (χ4v) is 5.82. The van der Waals surface area contributed by atoms with E-state index in [9.17, 15) is 18.0 Å². The molecule has 2 fully saturated rings. The van der Waals surface area contributed by atoms with Crippen molar-refractivity contribution >= 4 is 28.2 Å². The number of aromatic nitrogens is 4. The smallest absolute Gasteiger partial charge is 0.407 e. The molecule has 5 rings (SSSR count). The van der Waals surface area contributed by atoms with Gasteiger partial charge < -0.3 is 24.9 Å². The summed E-state index contributed by atoms with van der Waals surface area (Å²) < 4.78 is 45.8. The SMILES string of the molecule is CC(C)(C)OC(=O)NCCc1nc2cnc3[nH]ccc3c2n1C1CC2CC1CC2NCC(F)(F)F. The standard InChI is InChI=1S/C24H31F3N6O2/c1-23(2,3)35-22(34)29-7-5-19-32-17-11-30-21-15(4-6-28-21)20(17)33(19)18-10-13-8-14(18)9-16(13)31-12-24(25,26)27/h4,6,11,13-14,16,18,31H,5,7-10,12H2,1-3H3,(H,28,30)(H,29,34). The van der Waals surface area contributed by atoms with Gasteiger partial charge in [-0.1, -0.05) is 0 Å². The molecule has 3 aromatic rings. The summed E-state index contributed by atoms with van der Waals surface area (Å²) in [6.07, 6.45) is 1.82. The van der Waals surface area contributed by atoms with Crippen LogP contribution in [0.25, 0.3) is 22.1 Å². The van der Waals surface area contributed by atoms with Gasteiger partial charge in [-0.3, -0.25) is 0 Å². The minimum Gasteiger partial charge on any atom is -0.444 e. The van der Waals surface area contributed by atoms with Gasteiger partial charge in [-0.05, 0) is 57.9 Å². The van der Waals surface area contributed by atoms with E-state index in [4.69, 9.17) is 9.72 Å². The maximum absolute atomic E-state index is 12.7. The van der Waals surface area contributed by atoms with E-state index >= 15 is 0 Å². The molecule has 3 N–H and O–H groups in total. The molecular weight excluding hydrogens is 461 g/mol. The summed E-state index contributed by atoms with van der Waals surface area (Å²) in [5.41, 5.74) is 1.95. The van der Waals surface area contributed by atoms with Gasteiger partial charge in [0.1, 0.15) is 22.6 Å². The number of H-pyrrole nitrogens is 1. The lowest BCUT2D eigenvalue weighted by molar-refractivity contribution is -0.127. The predicted octanol–water partition coefficient (Wildman–Crippen LogP) is 4.47. The average molecular weight is 493 g/mol. The third-order valence-electron chi connectivity index (χ3n) is 7.04. The number of alkyl carbamates (subject to hydrolysis) is 1. The fraction of sp³-hybridized carbons (Fsp3) is 0.625. The predicted molar refractivity (Wildman–Crippen MR) is 125 cm³/mol. The summed E-state index contributed by atoms with van der Waals surface area (Å²) in [6.45, 7) is 4.85. The molecule has 2 bridgehead atoms. The van der Waals surface area contributed by atoms with Crippen LogP contribution in [0.1, 0.15) is 51.9 Å². The first-order valence-corrected chi connectivity index (χ1v) is 12.1. The lowest BCUT2D eigenvalue weighted by atomic mass is 9.90. The molecule has 35 heavy (non-hydrogen) atoms. The van der Waals surface area contributed by atoms with Gasteiger partial charge in [-0.2, -0.15) is 13.2 Å². The summed E-state index contributed by atoms with van der Waals surface area (Å²) in [5.74, 6) is 1.30. The van der Waals surface area contributed by atoms with Gasteiger partial charge in [0.2, 0.25) is 0 Å². The van der Waals surface area contributed by atoms with Crippen molar-refractivity contribution in [2.75, 3.05) is 13.1 Å². The van der Waals surface area contributed by atoms with E-state index in [1.807, 2.05) is 33.0 Å². The summed E-state index contributed by atoms with van der Waals surface area (Å²) in [4.78, 5) is 24.6. The van der Waals surface area contributed by atoms with Crippen LogP contribution in [-0.2, 0) is 11.2 Å². The third-order valence-corrected chi connectivity index (χ3v) is 7.04. The molecule has 8 nitrogen and oxygen atoms in total. The highest BCUT2D eigenvalue weighted by atomic mass is 19.4. The molecule has 2 saturated carbocycles. The number of carbonyl (C=O) groups excluding carboxylic acids is 1. The van der Waals surface area contributed by atoms with Gasteiger partial charge >= 0.3 is 12.3 Å². The van der Waals surface area contributed by atoms with Crippen LogP contribution in [-0.4, -0.2) is 56.5 Å². The number of rotatable bonds is 6. The van der Waals surface area contributed by atoms with Gasteiger partial charge in [0.15, 0.2) is 0 Å². The zero-order chi connectivity index (χ0) is 25.0. The van der Waals surface area contributed by atoms with Gasteiger partial charge in [0.25, 0.3) is 0 Å². The van der Waals surface area contributed by atoms with Crippen molar-refractivity contribution in [2.45, 2.75) is 70.3 Å². The Bertz CT molecular complexity index is 1230. The molecular formula is C24H31F3N6O2. The maximum Gasteiger partial charge on any atom is 0.407 e. The first kappa shape index (κ1) is 23.9. The highest BCUT2D eigenvalue weighted by Gasteiger charge is 2.48. The Balaban J connectivity index is 1.39. The van der Waals surface area contributed by atoms with E-state index in [2.05, 4.69) is 25.2 Å². The van der Waals surface area contributed by atoms with Crippen LogP contribution >= 0.6 is 0 Å². The number of fused-ring (bicyclic) bond motifs is 5. The minimum absolute atomic E-state index is 0.112. The Morgan fingerprint density at radius 3 is 2.71 bits per heavy atom. The molecule has 2 aliphatic carbocycles. The Kier molecular flexibility index (Phi) is 5.93. The molecule has 4 atom stereocenters. The highest BCUT2D eigenvalue weighted by Crippen LogP contribution is 2.52. The van der Waals surface area contributed by atoms with Crippen molar-refractivity contribution in [1.82, 2.24) is 30.2 Å². The zero-order valence-electron chi connectivity index (χ0n) is 20.1. The fourth-order valence-electron chi connectivity index (χ4n) is 5.82. The lowest BCUT2D eigenvalue weighted by Gasteiger charge is -2.31. The number of halogens is 3. The maximum atomic E-state index is 12.7. The van der Waals surface area contributed by atoms with E-state index in [0.29, 0.717) is 19.4 Å². The number of alkyl halides is 3. The van der Waals surface area contributed by atoms with Crippen molar-refractivity contribution < 1.29 is 22.7 Å². The molecule has 0 aromatic carbocycles. The van der Waals surface area contributed by atoms with Crippen LogP contribution in [0.2, 0.25) is 0 Å². The number of ether oxygens (including phenoxy) is 1. The van der Waals surface area contributed by atoms with E-state index in [1.165, 1.54) is 0 Å². The highest BCUT2D eigenvalue weighted by molar-refractivity contribution is 6.01. The van der Waals surface area contributed by atoms with Crippen LogP contribution < -0.4 is 10.6 Å². The van der Waals surface area contributed by atoms with Crippen molar-refractivity contribution in [3.05, 3.63) is 24.3 Å². The second-order valence-corrected chi connectivity index (χ2v) is 10.7. The van der Waals surface area contributed by atoms with Crippen LogP contribution in [0, 0.1) is 11.8 Å². The van der Waals surface area contributed by atoms with Crippen LogP contribution in [0.5, 0.6) is 0 Å². The van der Waals surface area contributed by atoms with Gasteiger partial charge in [0, 0.05) is 36.6 Å². The molecule has 4 unspecified atom stereocenters. The molecule has 11 heteroatoms. The van der Waals surface area contributed by atoms with Crippen molar-refractivity contribution in [3.63, 3.8) is 0 Å². The van der Waals surface area contributed by atoms with Crippen LogP contribution in [0.15, 0.2) is 18.5 Å². The third kappa shape index (κ3) is 4.96. The molecule has 1 amide bonds. The van der Waals surface area contributed by atoms with Crippen molar-refractivity contribution in [1.29, 1.82) is 0 Å². The van der Waals surface area contributed by atoms with E-state index in [1.54, 1.807) is 6.20 Å². The number of imidazole rings is 1. The first-order chi connectivity index (χ1) is 16.5. The van der Waals surface area contributed by atoms with Gasteiger partial charge in [-0.25, -0.2) is 14.8 Å². The Morgan fingerprint density at radius 2 is 2.03 bits per heavy atom. The number of nitrogens with zero attached hydrogens (tertiary/aromatic N) is 3. The molecule has 3 heterocycles. The number of pyridine rings is 1. The zero-order valence-corrected chi connectivity index (χ0v) is 20.1. The van der Waals surface area contributed by atoms with Crippen molar-refractivity contribution in [3.8, 4) is 0 Å². The Labute approximate surface area is 201 Å². The molecule has 2 aliphatic rings. The van der Waals surface area contributed by atoms with Crippen molar-refractivity contribution in [2.24, 2.45) is 11.8 Å². The van der Waals surface area contributed by atoms with Gasteiger partial charge in [0.05, 0.1) is 18.3 Å². The normalized spacial score (nSPS) is 24.5. The molecule has 0 radical (unpaired) electrons.